The van der Waals surface area contributed by atoms with Crippen LogP contribution in [0.2, 0.25) is 0 Å². The van der Waals surface area contributed by atoms with Crippen molar-refractivity contribution in [2.24, 2.45) is 0 Å². The molecule has 0 aromatic carbocycles. The smallest absolute Gasteiger partial charge is 0.269 e. The molecule has 100 valence electrons. The minimum absolute atomic E-state index is 0.0701. The maximum absolute atomic E-state index is 11.4. The van der Waals surface area contributed by atoms with Gasteiger partial charge in [0.15, 0.2) is 0 Å². The van der Waals surface area contributed by atoms with Gasteiger partial charge >= 0.3 is 0 Å². The molecule has 0 bridgehead atoms. The van der Waals surface area contributed by atoms with Gasteiger partial charge in [-0.1, -0.05) is 6.07 Å². The average Bonchev–Trinajstić information content (AvgIpc) is 2.34. The topological polar surface area (TPSA) is 74.2 Å². The number of aliphatic hydroxyl groups excluding tert-OH is 1. The summed E-state index contributed by atoms with van der Waals surface area (Å²) < 4.78 is 0. The molecule has 0 aliphatic rings. The molecule has 0 saturated heterocycles. The number of carbonyl (C=O) groups excluding carboxylic acids is 1. The second-order valence-corrected chi connectivity index (χ2v) is 5.17. The van der Waals surface area contributed by atoms with Crippen molar-refractivity contribution >= 4 is 5.91 Å². The Bertz CT molecular complexity index is 413. The van der Waals surface area contributed by atoms with E-state index < -0.39 is 6.10 Å². The first kappa shape index (κ1) is 14.6. The summed E-state index contributed by atoms with van der Waals surface area (Å²) in [7, 11) is 1.55. The van der Waals surface area contributed by atoms with E-state index in [9.17, 15) is 9.90 Å². The quantitative estimate of drug-likeness (QED) is 0.742. The van der Waals surface area contributed by atoms with Gasteiger partial charge in [-0.05, 0) is 32.9 Å². The van der Waals surface area contributed by atoms with Gasteiger partial charge in [0.2, 0.25) is 0 Å². The molecule has 1 rings (SSSR count). The summed E-state index contributed by atoms with van der Waals surface area (Å²) in [6.45, 7) is 6.46. The summed E-state index contributed by atoms with van der Waals surface area (Å²) in [5.41, 5.74) is 0.733. The molecule has 1 atom stereocenters. The lowest BCUT2D eigenvalue weighted by Gasteiger charge is -2.22. The molecule has 1 heterocycles. The Labute approximate surface area is 108 Å². The molecule has 0 unspecified atom stereocenters. The van der Waals surface area contributed by atoms with E-state index >= 15 is 0 Å². The lowest BCUT2D eigenvalue weighted by molar-refractivity contribution is 0.0956. The summed E-state index contributed by atoms with van der Waals surface area (Å²) >= 11 is 0. The van der Waals surface area contributed by atoms with Crippen molar-refractivity contribution in [3.05, 3.63) is 29.6 Å². The summed E-state index contributed by atoms with van der Waals surface area (Å²) in [5.74, 6) is -0.257. The molecular formula is C13H21N3O2. The van der Waals surface area contributed by atoms with Crippen molar-refractivity contribution in [3.63, 3.8) is 0 Å². The highest BCUT2D eigenvalue weighted by Gasteiger charge is 2.15. The SMILES string of the molecule is CNC(=O)c1cccc([C@@H](O)CNC(C)(C)C)n1. The molecule has 0 aliphatic carbocycles. The van der Waals surface area contributed by atoms with Crippen LogP contribution in [0.3, 0.4) is 0 Å². The Morgan fingerprint density at radius 3 is 2.67 bits per heavy atom. The monoisotopic (exact) mass is 251 g/mol. The summed E-state index contributed by atoms with van der Waals surface area (Å²) in [6.07, 6.45) is -0.728. The van der Waals surface area contributed by atoms with Gasteiger partial charge in [-0.2, -0.15) is 0 Å². The first-order chi connectivity index (χ1) is 8.33. The molecule has 3 N–H and O–H groups in total. The van der Waals surface area contributed by atoms with Crippen molar-refractivity contribution in [3.8, 4) is 0 Å². The number of rotatable bonds is 4. The van der Waals surface area contributed by atoms with Crippen molar-refractivity contribution in [1.29, 1.82) is 0 Å². The highest BCUT2D eigenvalue weighted by molar-refractivity contribution is 5.91. The number of pyridine rings is 1. The second kappa shape index (κ2) is 5.93. The highest BCUT2D eigenvalue weighted by Crippen LogP contribution is 2.11. The average molecular weight is 251 g/mol. The molecule has 0 saturated carbocycles. The Kier molecular flexibility index (Phi) is 4.81. The van der Waals surface area contributed by atoms with E-state index in [2.05, 4.69) is 15.6 Å². The van der Waals surface area contributed by atoms with Crippen molar-refractivity contribution < 1.29 is 9.90 Å². The Morgan fingerprint density at radius 2 is 2.11 bits per heavy atom. The van der Waals surface area contributed by atoms with E-state index in [4.69, 9.17) is 0 Å². The number of carbonyl (C=O) groups is 1. The lowest BCUT2D eigenvalue weighted by Crippen LogP contribution is -2.38. The number of amides is 1. The standard InChI is InChI=1S/C13H21N3O2/c1-13(2,3)15-8-11(17)9-6-5-7-10(16-9)12(18)14-4/h5-7,11,15,17H,8H2,1-4H3,(H,14,18)/t11-/m0/s1. The van der Waals surface area contributed by atoms with Gasteiger partial charge < -0.3 is 15.7 Å². The van der Waals surface area contributed by atoms with Gasteiger partial charge in [-0.3, -0.25) is 4.79 Å². The molecule has 1 aromatic rings. The zero-order valence-corrected chi connectivity index (χ0v) is 11.3. The van der Waals surface area contributed by atoms with Crippen LogP contribution >= 0.6 is 0 Å². The molecule has 0 aliphatic heterocycles. The molecule has 5 heteroatoms. The zero-order chi connectivity index (χ0) is 13.8. The Balaban J connectivity index is 2.74. The Morgan fingerprint density at radius 1 is 1.44 bits per heavy atom. The van der Waals surface area contributed by atoms with Gasteiger partial charge in [-0.25, -0.2) is 4.98 Å². The fraction of sp³-hybridized carbons (Fsp3) is 0.538. The normalized spacial score (nSPS) is 13.2. The second-order valence-electron chi connectivity index (χ2n) is 5.17. The number of nitrogens with one attached hydrogen (secondary N) is 2. The van der Waals surface area contributed by atoms with Crippen molar-refractivity contribution in [1.82, 2.24) is 15.6 Å². The summed E-state index contributed by atoms with van der Waals surface area (Å²) in [5, 5.41) is 15.7. The van der Waals surface area contributed by atoms with Crippen molar-refractivity contribution in [2.45, 2.75) is 32.4 Å². The number of β-amino-alcohol motifs (C(OH)–C–C–N with tert-alkyl or cyclic N) is 1. The van der Waals surface area contributed by atoms with E-state index in [1.54, 1.807) is 25.2 Å². The molecule has 18 heavy (non-hydrogen) atoms. The molecular weight excluding hydrogens is 230 g/mol. The van der Waals surface area contributed by atoms with E-state index in [0.29, 0.717) is 17.9 Å². The van der Waals surface area contributed by atoms with E-state index in [1.807, 2.05) is 20.8 Å². The Hall–Kier alpha value is -1.46. The minimum atomic E-state index is -0.728. The zero-order valence-electron chi connectivity index (χ0n) is 11.3. The van der Waals surface area contributed by atoms with Crippen LogP contribution in [0.25, 0.3) is 0 Å². The van der Waals surface area contributed by atoms with Gasteiger partial charge in [0.05, 0.1) is 5.69 Å². The number of aliphatic hydroxyl groups is 1. The molecule has 0 radical (unpaired) electrons. The fourth-order valence-electron chi connectivity index (χ4n) is 1.40. The largest absolute Gasteiger partial charge is 0.385 e. The van der Waals surface area contributed by atoms with Crippen LogP contribution in [0, 0.1) is 0 Å². The van der Waals surface area contributed by atoms with Gasteiger partial charge in [0.25, 0.3) is 5.91 Å². The molecule has 0 spiro atoms. The molecule has 1 amide bonds. The third kappa shape index (κ3) is 4.43. The van der Waals surface area contributed by atoms with Gasteiger partial charge in [-0.15, -0.1) is 0 Å². The summed E-state index contributed by atoms with van der Waals surface area (Å²) in [4.78, 5) is 15.6. The van der Waals surface area contributed by atoms with E-state index in [1.165, 1.54) is 0 Å². The van der Waals surface area contributed by atoms with Gasteiger partial charge in [0, 0.05) is 19.1 Å². The van der Waals surface area contributed by atoms with Crippen LogP contribution < -0.4 is 10.6 Å². The molecule has 1 aromatic heterocycles. The first-order valence-corrected chi connectivity index (χ1v) is 5.95. The third-order valence-corrected chi connectivity index (χ3v) is 2.40. The van der Waals surface area contributed by atoms with Gasteiger partial charge in [0.1, 0.15) is 11.8 Å². The number of hydrogen-bond donors (Lipinski definition) is 3. The van der Waals surface area contributed by atoms with E-state index in [-0.39, 0.29) is 11.4 Å². The lowest BCUT2D eigenvalue weighted by atomic mass is 10.1. The first-order valence-electron chi connectivity index (χ1n) is 5.95. The molecule has 0 fully saturated rings. The predicted octanol–water partition coefficient (Wildman–Crippen LogP) is 0.863. The third-order valence-electron chi connectivity index (χ3n) is 2.40. The maximum Gasteiger partial charge on any atom is 0.269 e. The predicted molar refractivity (Wildman–Crippen MR) is 70.3 cm³/mol. The number of hydrogen-bond acceptors (Lipinski definition) is 4. The van der Waals surface area contributed by atoms with Crippen LogP contribution in [0.1, 0.15) is 43.1 Å². The van der Waals surface area contributed by atoms with E-state index in [0.717, 1.165) is 0 Å². The number of nitrogens with zero attached hydrogens (tertiary/aromatic N) is 1. The minimum Gasteiger partial charge on any atom is -0.385 e. The van der Waals surface area contributed by atoms with Crippen LogP contribution in [0.4, 0.5) is 0 Å². The van der Waals surface area contributed by atoms with Crippen LogP contribution in [-0.4, -0.2) is 35.1 Å². The van der Waals surface area contributed by atoms with Crippen LogP contribution in [-0.2, 0) is 0 Å². The van der Waals surface area contributed by atoms with Crippen molar-refractivity contribution in [2.75, 3.05) is 13.6 Å². The summed E-state index contributed by atoms with van der Waals surface area (Å²) in [6, 6.07) is 5.04. The van der Waals surface area contributed by atoms with Crippen LogP contribution in [0.15, 0.2) is 18.2 Å². The number of aromatic nitrogens is 1. The van der Waals surface area contributed by atoms with Crippen LogP contribution in [0.5, 0.6) is 0 Å². The fourth-order valence-corrected chi connectivity index (χ4v) is 1.40. The highest BCUT2D eigenvalue weighted by atomic mass is 16.3. The maximum atomic E-state index is 11.4. The molecule has 5 nitrogen and oxygen atoms in total.